The molecule has 2 N–H and O–H groups in total. The van der Waals surface area contributed by atoms with Crippen LogP contribution in [0.4, 0.5) is 0 Å². The molecule has 1 heterocycles. The number of hydrogen-bond donors (Lipinski definition) is 2. The normalized spacial score (nSPS) is 12.8. The number of carboxylic acids is 1. The first-order valence-electron chi connectivity index (χ1n) is 6.31. The van der Waals surface area contributed by atoms with E-state index in [2.05, 4.69) is 10.2 Å². The number of nitrogens with one attached hydrogen (secondary N) is 1. The molecule has 0 aliphatic rings. The second-order valence-electron chi connectivity index (χ2n) is 4.73. The molecule has 0 bridgehead atoms. The van der Waals surface area contributed by atoms with Gasteiger partial charge in [-0.1, -0.05) is 6.92 Å². The monoisotopic (exact) mass is 296 g/mol. The van der Waals surface area contributed by atoms with E-state index < -0.39 is 5.97 Å². The van der Waals surface area contributed by atoms with Gasteiger partial charge < -0.3 is 15.3 Å². The summed E-state index contributed by atoms with van der Waals surface area (Å²) in [5, 5.41) is 13.1. The van der Waals surface area contributed by atoms with Gasteiger partial charge in [-0.25, -0.2) is 4.79 Å². The molecule has 0 saturated carbocycles. The maximum absolute atomic E-state index is 11.5. The van der Waals surface area contributed by atoms with Crippen LogP contribution in [-0.4, -0.2) is 42.5 Å². The highest BCUT2D eigenvalue weighted by atomic mass is 32.1. The second-order valence-corrected chi connectivity index (χ2v) is 5.73. The lowest BCUT2D eigenvalue weighted by atomic mass is 10.1. The Bertz CT molecular complexity index is 496. The number of carboxylic acid groups (broad SMARTS) is 1. The summed E-state index contributed by atoms with van der Waals surface area (Å²) in [6, 6.07) is 1.96. The molecular weight excluding hydrogens is 276 g/mol. The molecule has 1 unspecified atom stereocenters. The van der Waals surface area contributed by atoms with Gasteiger partial charge in [-0.05, 0) is 30.1 Å². The van der Waals surface area contributed by atoms with Crippen molar-refractivity contribution in [1.29, 1.82) is 0 Å². The number of carbonyl (C=O) groups is 2. The van der Waals surface area contributed by atoms with Crippen molar-refractivity contribution in [3.63, 3.8) is 0 Å². The number of nitrogens with zero attached hydrogens (tertiary/aromatic N) is 1. The lowest BCUT2D eigenvalue weighted by molar-refractivity contribution is -0.131. The Labute approximate surface area is 122 Å². The van der Waals surface area contributed by atoms with Crippen LogP contribution < -0.4 is 5.32 Å². The Morgan fingerprint density at radius 3 is 2.85 bits per heavy atom. The molecule has 1 rings (SSSR count). The minimum atomic E-state index is -0.950. The Balaban J connectivity index is 2.52. The predicted octanol–water partition coefficient (Wildman–Crippen LogP) is 1.66. The van der Waals surface area contributed by atoms with Gasteiger partial charge in [0.25, 0.3) is 0 Å². The molecule has 0 aliphatic heterocycles. The van der Waals surface area contributed by atoms with Gasteiger partial charge in [0.05, 0.1) is 0 Å². The zero-order chi connectivity index (χ0) is 15.1. The van der Waals surface area contributed by atoms with Crippen LogP contribution in [0.2, 0.25) is 0 Å². The molecule has 0 aliphatic carbocycles. The van der Waals surface area contributed by atoms with Crippen LogP contribution in [0.25, 0.3) is 6.08 Å². The van der Waals surface area contributed by atoms with E-state index in [1.807, 2.05) is 25.4 Å². The average molecular weight is 296 g/mol. The van der Waals surface area contributed by atoms with Crippen molar-refractivity contribution in [3.05, 3.63) is 28.0 Å². The largest absolute Gasteiger partial charge is 0.478 e. The molecule has 0 fully saturated rings. The molecule has 20 heavy (non-hydrogen) atoms. The van der Waals surface area contributed by atoms with Gasteiger partial charge in [0.2, 0.25) is 5.91 Å². The van der Waals surface area contributed by atoms with Crippen molar-refractivity contribution >= 4 is 29.3 Å². The van der Waals surface area contributed by atoms with E-state index in [4.69, 9.17) is 5.11 Å². The Kier molecular flexibility index (Phi) is 6.41. The molecule has 1 aromatic heterocycles. The van der Waals surface area contributed by atoms with Crippen molar-refractivity contribution in [2.24, 2.45) is 5.92 Å². The minimum Gasteiger partial charge on any atom is -0.478 e. The van der Waals surface area contributed by atoms with Crippen LogP contribution in [0.5, 0.6) is 0 Å². The number of aliphatic carboxylic acids is 1. The summed E-state index contributed by atoms with van der Waals surface area (Å²) >= 11 is 1.58. The lowest BCUT2D eigenvalue weighted by Gasteiger charge is -2.19. The van der Waals surface area contributed by atoms with Gasteiger partial charge in [0, 0.05) is 37.0 Å². The van der Waals surface area contributed by atoms with Crippen LogP contribution in [0, 0.1) is 5.92 Å². The van der Waals surface area contributed by atoms with Crippen LogP contribution in [0.15, 0.2) is 17.5 Å². The first-order valence-corrected chi connectivity index (χ1v) is 7.19. The summed E-state index contributed by atoms with van der Waals surface area (Å²) in [5.41, 5.74) is 0.889. The van der Waals surface area contributed by atoms with Crippen LogP contribution in [0.3, 0.4) is 0 Å². The van der Waals surface area contributed by atoms with Gasteiger partial charge in [-0.2, -0.15) is 0 Å². The highest BCUT2D eigenvalue weighted by molar-refractivity contribution is 7.10. The lowest BCUT2D eigenvalue weighted by Crippen LogP contribution is -2.33. The Morgan fingerprint density at radius 1 is 1.55 bits per heavy atom. The minimum absolute atomic E-state index is 0.0353. The molecule has 0 spiro atoms. The molecule has 1 aromatic rings. The first-order chi connectivity index (χ1) is 9.42. The van der Waals surface area contributed by atoms with Gasteiger partial charge in [-0.3, -0.25) is 4.79 Å². The smallest absolute Gasteiger partial charge is 0.328 e. The molecule has 0 aromatic carbocycles. The molecular formula is C14H20N2O3S. The van der Waals surface area contributed by atoms with E-state index in [9.17, 15) is 9.59 Å². The molecule has 6 heteroatoms. The van der Waals surface area contributed by atoms with Crippen LogP contribution in [-0.2, 0) is 16.1 Å². The number of rotatable bonds is 7. The molecule has 0 radical (unpaired) electrons. The number of thiophene rings is 1. The van der Waals surface area contributed by atoms with Crippen molar-refractivity contribution < 1.29 is 14.7 Å². The Hall–Kier alpha value is -1.66. The fourth-order valence-electron chi connectivity index (χ4n) is 1.86. The number of amides is 1. The van der Waals surface area contributed by atoms with Crippen molar-refractivity contribution in [1.82, 2.24) is 10.2 Å². The first kappa shape index (κ1) is 16.4. The summed E-state index contributed by atoms with van der Waals surface area (Å²) in [6.45, 7) is 3.32. The zero-order valence-corrected chi connectivity index (χ0v) is 12.7. The third-order valence-electron chi connectivity index (χ3n) is 2.80. The number of hydrogen-bond acceptors (Lipinski definition) is 4. The third-order valence-corrected chi connectivity index (χ3v) is 3.74. The van der Waals surface area contributed by atoms with Crippen molar-refractivity contribution in [2.75, 3.05) is 20.6 Å². The topological polar surface area (TPSA) is 69.6 Å². The third kappa shape index (κ3) is 5.54. The van der Waals surface area contributed by atoms with Crippen molar-refractivity contribution in [2.45, 2.75) is 13.5 Å². The maximum atomic E-state index is 11.5. The molecule has 1 amide bonds. The summed E-state index contributed by atoms with van der Waals surface area (Å²) in [6.07, 6.45) is 2.71. The summed E-state index contributed by atoms with van der Waals surface area (Å²) < 4.78 is 0. The van der Waals surface area contributed by atoms with E-state index in [1.165, 1.54) is 0 Å². The van der Waals surface area contributed by atoms with Gasteiger partial charge in [-0.15, -0.1) is 11.3 Å². The van der Waals surface area contributed by atoms with E-state index in [1.54, 1.807) is 24.5 Å². The second kappa shape index (κ2) is 7.81. The van der Waals surface area contributed by atoms with E-state index in [-0.39, 0.29) is 11.8 Å². The van der Waals surface area contributed by atoms with Gasteiger partial charge >= 0.3 is 5.97 Å². The van der Waals surface area contributed by atoms with Crippen LogP contribution in [0.1, 0.15) is 17.4 Å². The van der Waals surface area contributed by atoms with E-state index >= 15 is 0 Å². The van der Waals surface area contributed by atoms with E-state index in [0.29, 0.717) is 6.54 Å². The quantitative estimate of drug-likeness (QED) is 0.751. The average Bonchev–Trinajstić information content (AvgIpc) is 2.82. The standard InChI is InChI=1S/C14H20N2O3S/c1-10(14(19)15-2)7-16(3)8-12-6-11(9-20-12)4-5-13(17)18/h4-6,9-10H,7-8H2,1-3H3,(H,15,19)(H,17,18)/b5-4+. The van der Waals surface area contributed by atoms with Gasteiger partial charge in [0.1, 0.15) is 0 Å². The summed E-state index contributed by atoms with van der Waals surface area (Å²) in [4.78, 5) is 25.1. The summed E-state index contributed by atoms with van der Waals surface area (Å²) in [5.74, 6) is -0.973. The molecule has 5 nitrogen and oxygen atoms in total. The molecule has 0 saturated heterocycles. The predicted molar refractivity (Wildman–Crippen MR) is 80.6 cm³/mol. The highest BCUT2D eigenvalue weighted by Crippen LogP contribution is 2.18. The number of carbonyl (C=O) groups excluding carboxylic acids is 1. The SMILES string of the molecule is CNC(=O)C(C)CN(C)Cc1cc(/C=C/C(=O)O)cs1. The Morgan fingerprint density at radius 2 is 2.25 bits per heavy atom. The maximum Gasteiger partial charge on any atom is 0.328 e. The van der Waals surface area contributed by atoms with E-state index in [0.717, 1.165) is 23.1 Å². The highest BCUT2D eigenvalue weighted by Gasteiger charge is 2.14. The van der Waals surface area contributed by atoms with Crippen molar-refractivity contribution in [3.8, 4) is 0 Å². The van der Waals surface area contributed by atoms with Crippen LogP contribution >= 0.6 is 11.3 Å². The fraction of sp³-hybridized carbons (Fsp3) is 0.429. The van der Waals surface area contributed by atoms with Gasteiger partial charge in [0.15, 0.2) is 0 Å². The zero-order valence-electron chi connectivity index (χ0n) is 11.9. The summed E-state index contributed by atoms with van der Waals surface area (Å²) in [7, 11) is 3.60. The fourth-order valence-corrected chi connectivity index (χ4v) is 2.80. The molecule has 1 atom stereocenters. The molecule has 110 valence electrons.